The minimum Gasteiger partial charge on any atom is -0.493 e. The van der Waals surface area contributed by atoms with Gasteiger partial charge in [0.25, 0.3) is 6.43 Å². The maximum atomic E-state index is 13.4. The molecule has 1 fully saturated rings. The molecule has 1 saturated carbocycles. The topological polar surface area (TPSA) is 44.5 Å². The van der Waals surface area contributed by atoms with Crippen LogP contribution in [0.4, 0.5) is 8.78 Å². The summed E-state index contributed by atoms with van der Waals surface area (Å²) in [5, 5.41) is 0. The Balaban J connectivity index is 2.60. The van der Waals surface area contributed by atoms with Crippen molar-refractivity contribution in [2.45, 2.75) is 37.5 Å². The van der Waals surface area contributed by atoms with E-state index in [9.17, 15) is 8.78 Å². The lowest BCUT2D eigenvalue weighted by atomic mass is 9.76. The van der Waals surface area contributed by atoms with Crippen molar-refractivity contribution in [3.63, 3.8) is 0 Å². The second-order valence-electron chi connectivity index (χ2n) is 5.29. The maximum absolute atomic E-state index is 13.4. The number of alkyl halides is 2. The molecule has 0 amide bonds. The molecule has 2 N–H and O–H groups in total. The van der Waals surface area contributed by atoms with Crippen LogP contribution in [0.1, 0.15) is 43.2 Å². The van der Waals surface area contributed by atoms with Crippen molar-refractivity contribution in [2.75, 3.05) is 20.8 Å². The van der Waals surface area contributed by atoms with Crippen molar-refractivity contribution >= 4 is 0 Å². The van der Waals surface area contributed by atoms with Crippen LogP contribution in [0.5, 0.6) is 11.5 Å². The van der Waals surface area contributed by atoms with Crippen LogP contribution in [0.3, 0.4) is 0 Å². The molecule has 0 radical (unpaired) electrons. The highest BCUT2D eigenvalue weighted by molar-refractivity contribution is 5.51. The van der Waals surface area contributed by atoms with Gasteiger partial charge in [0.1, 0.15) is 0 Å². The van der Waals surface area contributed by atoms with Crippen molar-refractivity contribution in [3.8, 4) is 11.5 Å². The van der Waals surface area contributed by atoms with Gasteiger partial charge in [-0.05, 0) is 30.5 Å². The first kappa shape index (κ1) is 15.0. The summed E-state index contributed by atoms with van der Waals surface area (Å²) in [4.78, 5) is 0. The third kappa shape index (κ3) is 2.46. The number of rotatable bonds is 5. The van der Waals surface area contributed by atoms with Gasteiger partial charge in [-0.3, -0.25) is 0 Å². The number of hydrogen-bond acceptors (Lipinski definition) is 3. The average Bonchev–Trinajstić information content (AvgIpc) is 2.95. The highest BCUT2D eigenvalue weighted by Gasteiger charge is 2.38. The van der Waals surface area contributed by atoms with Crippen molar-refractivity contribution < 1.29 is 18.3 Å². The Hall–Kier alpha value is -1.36. The molecule has 0 bridgehead atoms. The summed E-state index contributed by atoms with van der Waals surface area (Å²) in [6.45, 7) is 0.377. The fourth-order valence-corrected chi connectivity index (χ4v) is 3.17. The average molecular weight is 285 g/mol. The summed E-state index contributed by atoms with van der Waals surface area (Å²) in [7, 11) is 2.95. The van der Waals surface area contributed by atoms with Gasteiger partial charge in [-0.2, -0.15) is 0 Å². The first-order valence-corrected chi connectivity index (χ1v) is 6.82. The lowest BCUT2D eigenvalue weighted by Crippen LogP contribution is -2.33. The predicted molar refractivity (Wildman–Crippen MR) is 73.7 cm³/mol. The maximum Gasteiger partial charge on any atom is 0.264 e. The molecule has 0 aliphatic heterocycles. The first-order valence-electron chi connectivity index (χ1n) is 6.82. The molecule has 1 aromatic carbocycles. The van der Waals surface area contributed by atoms with Crippen LogP contribution in [0, 0.1) is 0 Å². The Morgan fingerprint density at radius 1 is 1.15 bits per heavy atom. The third-order valence-electron chi connectivity index (χ3n) is 4.31. The molecule has 20 heavy (non-hydrogen) atoms. The van der Waals surface area contributed by atoms with Gasteiger partial charge >= 0.3 is 0 Å². The van der Waals surface area contributed by atoms with E-state index >= 15 is 0 Å². The minimum atomic E-state index is -2.55. The Labute approximate surface area is 118 Å². The highest BCUT2D eigenvalue weighted by Crippen LogP contribution is 2.46. The van der Waals surface area contributed by atoms with Gasteiger partial charge in [-0.1, -0.05) is 12.8 Å². The summed E-state index contributed by atoms with van der Waals surface area (Å²) in [6.07, 6.45) is 1.19. The number of nitrogens with two attached hydrogens (primary N) is 1. The number of hydrogen-bond donors (Lipinski definition) is 1. The molecule has 1 aliphatic carbocycles. The van der Waals surface area contributed by atoms with E-state index in [1.807, 2.05) is 0 Å². The van der Waals surface area contributed by atoms with Crippen molar-refractivity contribution in [1.29, 1.82) is 0 Å². The fraction of sp³-hybridized carbons (Fsp3) is 0.600. The molecule has 5 heteroatoms. The predicted octanol–water partition coefficient (Wildman–Crippen LogP) is 3.41. The number of halogens is 2. The van der Waals surface area contributed by atoms with Gasteiger partial charge in [0.2, 0.25) is 0 Å². The molecule has 112 valence electrons. The van der Waals surface area contributed by atoms with E-state index in [1.165, 1.54) is 20.3 Å². The summed E-state index contributed by atoms with van der Waals surface area (Å²) in [6, 6.07) is 3.06. The molecule has 2 rings (SSSR count). The van der Waals surface area contributed by atoms with Gasteiger partial charge in [0, 0.05) is 17.5 Å². The SMILES string of the molecule is COc1cc(C(F)F)c(C2(CN)CCCC2)cc1OC. The van der Waals surface area contributed by atoms with E-state index in [4.69, 9.17) is 15.2 Å². The minimum absolute atomic E-state index is 0.00926. The zero-order valence-electron chi connectivity index (χ0n) is 11.9. The van der Waals surface area contributed by atoms with Crippen LogP contribution >= 0.6 is 0 Å². The van der Waals surface area contributed by atoms with E-state index in [0.717, 1.165) is 25.7 Å². The molecule has 0 heterocycles. The van der Waals surface area contributed by atoms with Crippen molar-refractivity contribution in [1.82, 2.24) is 0 Å². The smallest absolute Gasteiger partial charge is 0.264 e. The van der Waals surface area contributed by atoms with Crippen LogP contribution in [0.2, 0.25) is 0 Å². The van der Waals surface area contributed by atoms with Gasteiger partial charge < -0.3 is 15.2 Å². The molecule has 0 saturated heterocycles. The second kappa shape index (κ2) is 5.95. The van der Waals surface area contributed by atoms with Gasteiger partial charge in [-0.15, -0.1) is 0 Å². The lowest BCUT2D eigenvalue weighted by molar-refractivity contribution is 0.147. The quantitative estimate of drug-likeness (QED) is 0.901. The first-order chi connectivity index (χ1) is 9.57. The van der Waals surface area contributed by atoms with Gasteiger partial charge in [0.05, 0.1) is 14.2 Å². The normalized spacial score (nSPS) is 17.5. The highest BCUT2D eigenvalue weighted by atomic mass is 19.3. The monoisotopic (exact) mass is 285 g/mol. The number of ether oxygens (including phenoxy) is 2. The largest absolute Gasteiger partial charge is 0.493 e. The Kier molecular flexibility index (Phi) is 4.48. The van der Waals surface area contributed by atoms with Crippen LogP contribution < -0.4 is 15.2 Å². The third-order valence-corrected chi connectivity index (χ3v) is 4.31. The fourth-order valence-electron chi connectivity index (χ4n) is 3.17. The number of methoxy groups -OCH3 is 2. The standard InChI is InChI=1S/C15H21F2NO2/c1-19-12-7-10(14(16)17)11(8-13(12)20-2)15(9-18)5-3-4-6-15/h7-8,14H,3-6,9,18H2,1-2H3. The van der Waals surface area contributed by atoms with E-state index in [-0.39, 0.29) is 11.0 Å². The summed E-state index contributed by atoms with van der Waals surface area (Å²) >= 11 is 0. The lowest BCUT2D eigenvalue weighted by Gasteiger charge is -2.31. The summed E-state index contributed by atoms with van der Waals surface area (Å²) < 4.78 is 37.2. The van der Waals surface area contributed by atoms with Gasteiger partial charge in [-0.25, -0.2) is 8.78 Å². The van der Waals surface area contributed by atoms with Crippen LogP contribution in [0.25, 0.3) is 0 Å². The van der Waals surface area contributed by atoms with Crippen molar-refractivity contribution in [3.05, 3.63) is 23.3 Å². The summed E-state index contributed by atoms with van der Waals surface area (Å²) in [5.41, 5.74) is 6.18. The zero-order valence-corrected chi connectivity index (χ0v) is 11.9. The Morgan fingerprint density at radius 3 is 2.15 bits per heavy atom. The van der Waals surface area contributed by atoms with E-state index in [2.05, 4.69) is 0 Å². The molecular weight excluding hydrogens is 264 g/mol. The van der Waals surface area contributed by atoms with E-state index in [0.29, 0.717) is 23.6 Å². The molecule has 0 unspecified atom stereocenters. The molecule has 1 aliphatic rings. The van der Waals surface area contributed by atoms with Crippen LogP contribution in [-0.2, 0) is 5.41 Å². The second-order valence-corrected chi connectivity index (χ2v) is 5.29. The van der Waals surface area contributed by atoms with E-state index in [1.54, 1.807) is 6.07 Å². The van der Waals surface area contributed by atoms with E-state index < -0.39 is 6.43 Å². The molecule has 3 nitrogen and oxygen atoms in total. The molecule has 0 aromatic heterocycles. The number of benzene rings is 1. The molecular formula is C15H21F2NO2. The Bertz CT molecular complexity index is 471. The summed E-state index contributed by atoms with van der Waals surface area (Å²) in [5.74, 6) is 0.809. The van der Waals surface area contributed by atoms with Crippen LogP contribution in [0.15, 0.2) is 12.1 Å². The van der Waals surface area contributed by atoms with Gasteiger partial charge in [0.15, 0.2) is 11.5 Å². The zero-order chi connectivity index (χ0) is 14.8. The Morgan fingerprint density at radius 2 is 1.70 bits per heavy atom. The molecule has 0 atom stereocenters. The van der Waals surface area contributed by atoms with Crippen molar-refractivity contribution in [2.24, 2.45) is 5.73 Å². The molecule has 1 aromatic rings. The molecule has 0 spiro atoms. The van der Waals surface area contributed by atoms with Crippen LogP contribution in [-0.4, -0.2) is 20.8 Å².